The van der Waals surface area contributed by atoms with Crippen molar-refractivity contribution in [2.75, 3.05) is 7.11 Å². The van der Waals surface area contributed by atoms with Crippen molar-refractivity contribution >= 4 is 0 Å². The van der Waals surface area contributed by atoms with E-state index in [1.54, 1.807) is 7.11 Å². The van der Waals surface area contributed by atoms with Gasteiger partial charge in [-0.3, -0.25) is 5.10 Å². The van der Waals surface area contributed by atoms with E-state index in [1.165, 1.54) is 6.20 Å². The van der Waals surface area contributed by atoms with E-state index in [1.807, 2.05) is 24.3 Å². The van der Waals surface area contributed by atoms with E-state index in [2.05, 4.69) is 10.2 Å². The first kappa shape index (κ1) is 8.62. The van der Waals surface area contributed by atoms with Crippen molar-refractivity contribution in [3.05, 3.63) is 30.5 Å². The van der Waals surface area contributed by atoms with Gasteiger partial charge in [0.1, 0.15) is 11.4 Å². The second-order valence-corrected chi connectivity index (χ2v) is 2.83. The summed E-state index contributed by atoms with van der Waals surface area (Å²) in [6.45, 7) is 0. The van der Waals surface area contributed by atoms with Gasteiger partial charge < -0.3 is 9.84 Å². The maximum Gasteiger partial charge on any atom is 0.161 e. The molecule has 72 valence electrons. The Hall–Kier alpha value is -1.97. The van der Waals surface area contributed by atoms with Gasteiger partial charge in [0, 0.05) is 5.56 Å². The summed E-state index contributed by atoms with van der Waals surface area (Å²) in [7, 11) is 1.59. The third-order valence-corrected chi connectivity index (χ3v) is 2.00. The van der Waals surface area contributed by atoms with Crippen LogP contribution in [0.1, 0.15) is 0 Å². The zero-order valence-corrected chi connectivity index (χ0v) is 7.69. The standard InChI is InChI=1S/C10H10N2O2/c1-14-9-5-3-2-4-7(9)10-8(13)6-11-12-10/h2-6,13H,1H3,(H,11,12). The number of aromatic amines is 1. The first-order chi connectivity index (χ1) is 6.83. The van der Waals surface area contributed by atoms with Crippen LogP contribution in [0.2, 0.25) is 0 Å². The van der Waals surface area contributed by atoms with Gasteiger partial charge in [-0.2, -0.15) is 5.10 Å². The highest BCUT2D eigenvalue weighted by atomic mass is 16.5. The molecule has 4 heteroatoms. The molecule has 2 rings (SSSR count). The zero-order valence-electron chi connectivity index (χ0n) is 7.69. The number of nitrogens with zero attached hydrogens (tertiary/aromatic N) is 1. The maximum absolute atomic E-state index is 9.47. The first-order valence-electron chi connectivity index (χ1n) is 4.18. The first-order valence-corrected chi connectivity index (χ1v) is 4.18. The molecule has 0 radical (unpaired) electrons. The zero-order chi connectivity index (χ0) is 9.97. The Morgan fingerprint density at radius 1 is 1.36 bits per heavy atom. The number of H-pyrrole nitrogens is 1. The third kappa shape index (κ3) is 1.31. The SMILES string of the molecule is COc1ccccc1-c1[nH]ncc1O. The van der Waals surface area contributed by atoms with Gasteiger partial charge in [-0.1, -0.05) is 12.1 Å². The van der Waals surface area contributed by atoms with Gasteiger partial charge in [-0.25, -0.2) is 0 Å². The van der Waals surface area contributed by atoms with Gasteiger partial charge in [-0.05, 0) is 12.1 Å². The fourth-order valence-corrected chi connectivity index (χ4v) is 1.33. The molecule has 0 bridgehead atoms. The number of hydrogen-bond donors (Lipinski definition) is 2. The Labute approximate surface area is 81.2 Å². The van der Waals surface area contributed by atoms with Crippen molar-refractivity contribution in [2.24, 2.45) is 0 Å². The van der Waals surface area contributed by atoms with Crippen molar-refractivity contribution in [1.82, 2.24) is 10.2 Å². The fraction of sp³-hybridized carbons (Fsp3) is 0.100. The van der Waals surface area contributed by atoms with E-state index in [0.29, 0.717) is 11.4 Å². The normalized spacial score (nSPS) is 10.1. The molecule has 2 aromatic rings. The number of methoxy groups -OCH3 is 1. The van der Waals surface area contributed by atoms with Crippen molar-refractivity contribution in [3.63, 3.8) is 0 Å². The second kappa shape index (κ2) is 3.41. The van der Waals surface area contributed by atoms with Crippen molar-refractivity contribution in [1.29, 1.82) is 0 Å². The monoisotopic (exact) mass is 190 g/mol. The quantitative estimate of drug-likeness (QED) is 0.759. The average Bonchev–Trinajstić information content (AvgIpc) is 2.64. The summed E-state index contributed by atoms with van der Waals surface area (Å²) in [4.78, 5) is 0. The summed E-state index contributed by atoms with van der Waals surface area (Å²) in [5.41, 5.74) is 1.37. The van der Waals surface area contributed by atoms with Gasteiger partial charge in [0.2, 0.25) is 0 Å². The number of nitrogens with one attached hydrogen (secondary N) is 1. The third-order valence-electron chi connectivity index (χ3n) is 2.00. The van der Waals surface area contributed by atoms with Crippen LogP contribution in [-0.2, 0) is 0 Å². The van der Waals surface area contributed by atoms with Crippen LogP contribution in [0.3, 0.4) is 0 Å². The summed E-state index contributed by atoms with van der Waals surface area (Å²) >= 11 is 0. The molecule has 1 heterocycles. The minimum absolute atomic E-state index is 0.120. The minimum atomic E-state index is 0.120. The Morgan fingerprint density at radius 3 is 2.79 bits per heavy atom. The topological polar surface area (TPSA) is 58.1 Å². The molecule has 0 unspecified atom stereocenters. The molecular formula is C10H10N2O2. The number of para-hydroxylation sites is 1. The van der Waals surface area contributed by atoms with E-state index in [-0.39, 0.29) is 5.75 Å². The molecule has 0 saturated heterocycles. The highest BCUT2D eigenvalue weighted by Gasteiger charge is 2.10. The Morgan fingerprint density at radius 2 is 2.14 bits per heavy atom. The molecule has 0 aliphatic rings. The molecule has 2 N–H and O–H groups in total. The predicted octanol–water partition coefficient (Wildman–Crippen LogP) is 1.79. The maximum atomic E-state index is 9.47. The fourth-order valence-electron chi connectivity index (χ4n) is 1.33. The largest absolute Gasteiger partial charge is 0.504 e. The lowest BCUT2D eigenvalue weighted by atomic mass is 10.1. The van der Waals surface area contributed by atoms with E-state index in [4.69, 9.17) is 4.74 Å². The number of hydrogen-bond acceptors (Lipinski definition) is 3. The van der Waals surface area contributed by atoms with E-state index >= 15 is 0 Å². The lowest BCUT2D eigenvalue weighted by Gasteiger charge is -2.05. The average molecular weight is 190 g/mol. The van der Waals surface area contributed by atoms with Crippen molar-refractivity contribution in [3.8, 4) is 22.8 Å². The van der Waals surface area contributed by atoms with Crippen LogP contribution in [0.25, 0.3) is 11.3 Å². The summed E-state index contributed by atoms with van der Waals surface area (Å²) in [6.07, 6.45) is 1.36. The molecule has 1 aromatic heterocycles. The van der Waals surface area contributed by atoms with Crippen LogP contribution < -0.4 is 4.74 Å². The molecule has 0 fully saturated rings. The smallest absolute Gasteiger partial charge is 0.161 e. The van der Waals surface area contributed by atoms with Gasteiger partial charge >= 0.3 is 0 Å². The molecule has 4 nitrogen and oxygen atoms in total. The molecule has 0 aliphatic heterocycles. The molecule has 0 atom stereocenters. The summed E-state index contributed by atoms with van der Waals surface area (Å²) in [5, 5.41) is 15.9. The molecular weight excluding hydrogens is 180 g/mol. The van der Waals surface area contributed by atoms with Crippen molar-refractivity contribution in [2.45, 2.75) is 0 Å². The highest BCUT2D eigenvalue weighted by molar-refractivity contribution is 5.71. The molecule has 0 saturated carbocycles. The number of aromatic hydroxyl groups is 1. The van der Waals surface area contributed by atoms with Gasteiger partial charge in [0.25, 0.3) is 0 Å². The number of ether oxygens (including phenoxy) is 1. The van der Waals surface area contributed by atoms with E-state index in [0.717, 1.165) is 5.56 Å². The van der Waals surface area contributed by atoms with Crippen molar-refractivity contribution < 1.29 is 9.84 Å². The van der Waals surface area contributed by atoms with Crippen LogP contribution in [0.15, 0.2) is 30.5 Å². The number of aromatic nitrogens is 2. The van der Waals surface area contributed by atoms with Gasteiger partial charge in [0.05, 0.1) is 13.3 Å². The summed E-state index contributed by atoms with van der Waals surface area (Å²) in [5.74, 6) is 0.821. The van der Waals surface area contributed by atoms with Crippen LogP contribution in [0.4, 0.5) is 0 Å². The summed E-state index contributed by atoms with van der Waals surface area (Å²) < 4.78 is 5.17. The molecule has 0 aliphatic carbocycles. The molecule has 0 amide bonds. The van der Waals surface area contributed by atoms with Crippen LogP contribution in [0.5, 0.6) is 11.5 Å². The Bertz CT molecular complexity index is 437. The van der Waals surface area contributed by atoms with Crippen LogP contribution >= 0.6 is 0 Å². The van der Waals surface area contributed by atoms with Gasteiger partial charge in [0.15, 0.2) is 5.75 Å². The molecule has 1 aromatic carbocycles. The predicted molar refractivity (Wildman–Crippen MR) is 52.2 cm³/mol. The second-order valence-electron chi connectivity index (χ2n) is 2.83. The van der Waals surface area contributed by atoms with E-state index < -0.39 is 0 Å². The lowest BCUT2D eigenvalue weighted by Crippen LogP contribution is -1.87. The summed E-state index contributed by atoms with van der Waals surface area (Å²) in [6, 6.07) is 7.43. The minimum Gasteiger partial charge on any atom is -0.504 e. The Kier molecular flexibility index (Phi) is 2.10. The molecule has 14 heavy (non-hydrogen) atoms. The number of rotatable bonds is 2. The lowest BCUT2D eigenvalue weighted by molar-refractivity contribution is 0.415. The molecule has 0 spiro atoms. The van der Waals surface area contributed by atoms with E-state index in [9.17, 15) is 5.11 Å². The number of benzene rings is 1. The van der Waals surface area contributed by atoms with Gasteiger partial charge in [-0.15, -0.1) is 0 Å². The Balaban J connectivity index is 2.56. The van der Waals surface area contributed by atoms with Crippen LogP contribution in [0, 0.1) is 0 Å². The van der Waals surface area contributed by atoms with Crippen LogP contribution in [-0.4, -0.2) is 22.4 Å². The highest BCUT2D eigenvalue weighted by Crippen LogP contribution is 2.33.